The first-order valence-electron chi connectivity index (χ1n) is 9.92. The van der Waals surface area contributed by atoms with Gasteiger partial charge >= 0.3 is 0 Å². The highest BCUT2D eigenvalue weighted by molar-refractivity contribution is 5.76. The van der Waals surface area contributed by atoms with Crippen LogP contribution in [0.1, 0.15) is 17.1 Å². The summed E-state index contributed by atoms with van der Waals surface area (Å²) in [6, 6.07) is 11.1. The van der Waals surface area contributed by atoms with Crippen LogP contribution in [0.3, 0.4) is 0 Å². The lowest BCUT2D eigenvalue weighted by molar-refractivity contribution is -0.134. The maximum atomic E-state index is 12.5. The minimum absolute atomic E-state index is 0.0376. The van der Waals surface area contributed by atoms with Gasteiger partial charge in [-0.25, -0.2) is 4.68 Å². The van der Waals surface area contributed by atoms with Gasteiger partial charge in [-0.2, -0.15) is 10.1 Å². The Kier molecular flexibility index (Phi) is 5.71. The average Bonchev–Trinajstić information content (AvgIpc) is 3.20. The van der Waals surface area contributed by atoms with Crippen LogP contribution in [0.2, 0.25) is 0 Å². The van der Waals surface area contributed by atoms with Crippen molar-refractivity contribution in [3.05, 3.63) is 63.9 Å². The molecule has 1 aromatic carbocycles. The summed E-state index contributed by atoms with van der Waals surface area (Å²) < 4.78 is 6.62. The van der Waals surface area contributed by atoms with Crippen LogP contribution < -0.4 is 5.56 Å². The molecule has 0 radical (unpaired) electrons. The molecule has 0 atom stereocenters. The predicted octanol–water partition coefficient (Wildman–Crippen LogP) is 1.25. The first-order valence-corrected chi connectivity index (χ1v) is 9.92. The molecule has 1 saturated heterocycles. The van der Waals surface area contributed by atoms with Crippen molar-refractivity contribution < 1.29 is 9.32 Å². The monoisotopic (exact) mass is 408 g/mol. The number of rotatable bonds is 5. The van der Waals surface area contributed by atoms with Gasteiger partial charge in [0.15, 0.2) is 0 Å². The van der Waals surface area contributed by atoms with Gasteiger partial charge in [-0.3, -0.25) is 14.5 Å². The molecular weight excluding hydrogens is 384 g/mol. The summed E-state index contributed by atoms with van der Waals surface area (Å²) in [6.45, 7) is 6.89. The number of carbonyl (C=O) groups excluding carboxylic acids is 1. The summed E-state index contributed by atoms with van der Waals surface area (Å²) in [7, 11) is 0. The van der Waals surface area contributed by atoms with E-state index in [1.807, 2.05) is 31.2 Å². The molecule has 0 spiro atoms. The van der Waals surface area contributed by atoms with Crippen LogP contribution in [0.15, 0.2) is 45.7 Å². The van der Waals surface area contributed by atoms with Gasteiger partial charge in [-0.1, -0.05) is 35.0 Å². The second-order valence-electron chi connectivity index (χ2n) is 7.51. The summed E-state index contributed by atoms with van der Waals surface area (Å²) in [5.74, 6) is 1.03. The van der Waals surface area contributed by atoms with Crippen LogP contribution in [-0.4, -0.2) is 61.8 Å². The van der Waals surface area contributed by atoms with Gasteiger partial charge in [0, 0.05) is 37.8 Å². The molecule has 0 bridgehead atoms. The molecular formula is C21H24N6O3. The summed E-state index contributed by atoms with van der Waals surface area (Å²) in [6.07, 6.45) is 0. The van der Waals surface area contributed by atoms with E-state index in [0.717, 1.165) is 5.56 Å². The van der Waals surface area contributed by atoms with E-state index in [4.69, 9.17) is 4.52 Å². The fraction of sp³-hybridized carbons (Fsp3) is 0.381. The van der Waals surface area contributed by atoms with Gasteiger partial charge in [-0.05, 0) is 19.9 Å². The molecule has 2 aromatic heterocycles. The molecule has 30 heavy (non-hydrogen) atoms. The normalized spacial score (nSPS) is 14.8. The Morgan fingerprint density at radius 3 is 2.50 bits per heavy atom. The van der Waals surface area contributed by atoms with E-state index >= 15 is 0 Å². The molecule has 1 aliphatic heterocycles. The van der Waals surface area contributed by atoms with Crippen molar-refractivity contribution in [1.82, 2.24) is 29.7 Å². The van der Waals surface area contributed by atoms with Crippen LogP contribution in [0.25, 0.3) is 11.4 Å². The maximum absolute atomic E-state index is 12.5. The number of aryl methyl sites for hydroxylation is 2. The first-order chi connectivity index (χ1) is 14.5. The Bertz CT molecular complexity index is 1080. The van der Waals surface area contributed by atoms with E-state index in [9.17, 15) is 9.59 Å². The maximum Gasteiger partial charge on any atom is 0.267 e. The van der Waals surface area contributed by atoms with Crippen LogP contribution in [0.5, 0.6) is 0 Å². The Balaban J connectivity index is 1.30. The minimum Gasteiger partial charge on any atom is -0.339 e. The Hall–Kier alpha value is -3.33. The van der Waals surface area contributed by atoms with Crippen molar-refractivity contribution in [3.8, 4) is 11.4 Å². The van der Waals surface area contributed by atoms with E-state index in [2.05, 4.69) is 20.1 Å². The van der Waals surface area contributed by atoms with Crippen molar-refractivity contribution in [3.63, 3.8) is 0 Å². The average molecular weight is 408 g/mol. The van der Waals surface area contributed by atoms with Crippen LogP contribution in [-0.2, 0) is 17.9 Å². The van der Waals surface area contributed by atoms with E-state index in [0.29, 0.717) is 50.1 Å². The van der Waals surface area contributed by atoms with Crippen molar-refractivity contribution in [1.29, 1.82) is 0 Å². The molecule has 0 aliphatic carbocycles. The van der Waals surface area contributed by atoms with Gasteiger partial charge in [0.25, 0.3) is 5.56 Å². The highest BCUT2D eigenvalue weighted by Gasteiger charge is 2.23. The molecule has 0 saturated carbocycles. The molecule has 9 heteroatoms. The molecule has 1 fully saturated rings. The van der Waals surface area contributed by atoms with Crippen molar-refractivity contribution in [2.75, 3.05) is 26.2 Å². The predicted molar refractivity (Wildman–Crippen MR) is 110 cm³/mol. The topological polar surface area (TPSA) is 97.4 Å². The Morgan fingerprint density at radius 2 is 1.77 bits per heavy atom. The SMILES string of the molecule is Cc1ccc(-c2noc(CN3CCN(C(=O)Cn4nc(C)ccc4=O)CC3)n2)cc1. The zero-order valence-corrected chi connectivity index (χ0v) is 17.1. The highest BCUT2D eigenvalue weighted by Crippen LogP contribution is 2.17. The van der Waals surface area contributed by atoms with E-state index in [1.54, 1.807) is 17.9 Å². The molecule has 1 aliphatic rings. The van der Waals surface area contributed by atoms with Gasteiger partial charge in [0.2, 0.25) is 17.6 Å². The third kappa shape index (κ3) is 4.62. The van der Waals surface area contributed by atoms with E-state index < -0.39 is 0 Å². The molecule has 9 nitrogen and oxygen atoms in total. The molecule has 3 aromatic rings. The summed E-state index contributed by atoms with van der Waals surface area (Å²) >= 11 is 0. The zero-order valence-electron chi connectivity index (χ0n) is 17.1. The van der Waals surface area contributed by atoms with Gasteiger partial charge in [0.1, 0.15) is 6.54 Å². The van der Waals surface area contributed by atoms with Crippen LogP contribution in [0, 0.1) is 13.8 Å². The lowest BCUT2D eigenvalue weighted by atomic mass is 10.1. The van der Waals surface area contributed by atoms with Crippen LogP contribution in [0.4, 0.5) is 0 Å². The van der Waals surface area contributed by atoms with Gasteiger partial charge in [-0.15, -0.1) is 0 Å². The van der Waals surface area contributed by atoms with Gasteiger partial charge in [0.05, 0.1) is 12.2 Å². The van der Waals surface area contributed by atoms with Crippen molar-refractivity contribution in [2.45, 2.75) is 26.9 Å². The standard InChI is InChI=1S/C21H24N6O3/c1-15-3-6-17(7-4-15)21-22-18(30-24-21)13-25-9-11-26(12-10-25)20(29)14-27-19(28)8-5-16(2)23-27/h3-8H,9-14H2,1-2H3. The number of piperazine rings is 1. The lowest BCUT2D eigenvalue weighted by Crippen LogP contribution is -2.49. The fourth-order valence-corrected chi connectivity index (χ4v) is 3.38. The Labute approximate surface area is 173 Å². The lowest BCUT2D eigenvalue weighted by Gasteiger charge is -2.33. The molecule has 0 unspecified atom stereocenters. The fourth-order valence-electron chi connectivity index (χ4n) is 3.38. The highest BCUT2D eigenvalue weighted by atomic mass is 16.5. The second-order valence-corrected chi connectivity index (χ2v) is 7.51. The zero-order chi connectivity index (χ0) is 21.1. The number of nitrogens with zero attached hydrogens (tertiary/aromatic N) is 6. The quantitative estimate of drug-likeness (QED) is 0.627. The van der Waals surface area contributed by atoms with Crippen molar-refractivity contribution >= 4 is 5.91 Å². The number of benzene rings is 1. The Morgan fingerprint density at radius 1 is 1.03 bits per heavy atom. The third-order valence-corrected chi connectivity index (χ3v) is 5.15. The van der Waals surface area contributed by atoms with Crippen molar-refractivity contribution in [2.24, 2.45) is 0 Å². The molecule has 156 valence electrons. The van der Waals surface area contributed by atoms with E-state index in [-0.39, 0.29) is 18.0 Å². The number of hydrogen-bond donors (Lipinski definition) is 0. The summed E-state index contributed by atoms with van der Waals surface area (Å²) in [4.78, 5) is 32.8. The molecule has 3 heterocycles. The third-order valence-electron chi connectivity index (χ3n) is 5.15. The van der Waals surface area contributed by atoms with Crippen LogP contribution >= 0.6 is 0 Å². The smallest absolute Gasteiger partial charge is 0.267 e. The summed E-state index contributed by atoms with van der Waals surface area (Å²) in [5.41, 5.74) is 2.54. The summed E-state index contributed by atoms with van der Waals surface area (Å²) in [5, 5.41) is 8.20. The number of aromatic nitrogens is 4. The molecule has 1 amide bonds. The number of amides is 1. The first kappa shape index (κ1) is 20.0. The molecule has 4 rings (SSSR count). The van der Waals surface area contributed by atoms with E-state index in [1.165, 1.54) is 16.3 Å². The number of carbonyl (C=O) groups is 1. The van der Waals surface area contributed by atoms with Gasteiger partial charge < -0.3 is 9.42 Å². The largest absolute Gasteiger partial charge is 0.339 e. The number of hydrogen-bond acceptors (Lipinski definition) is 7. The molecule has 0 N–H and O–H groups in total. The minimum atomic E-state index is -0.270. The second kappa shape index (κ2) is 8.58.